The van der Waals surface area contributed by atoms with E-state index in [9.17, 15) is 4.39 Å². The highest BCUT2D eigenvalue weighted by Gasteiger charge is 2.46. The second-order valence-corrected chi connectivity index (χ2v) is 9.13. The van der Waals surface area contributed by atoms with Gasteiger partial charge < -0.3 is 15.4 Å². The zero-order chi connectivity index (χ0) is 19.5. The molecule has 1 saturated carbocycles. The van der Waals surface area contributed by atoms with Gasteiger partial charge in [-0.25, -0.2) is 4.39 Å². The van der Waals surface area contributed by atoms with Crippen LogP contribution in [-0.4, -0.2) is 38.8 Å². The molecular weight excluding hydrogens is 341 g/mol. The summed E-state index contributed by atoms with van der Waals surface area (Å²) in [5.74, 6) is 1.15. The van der Waals surface area contributed by atoms with Crippen LogP contribution in [0.1, 0.15) is 52.0 Å². The number of rotatable bonds is 5. The summed E-state index contributed by atoms with van der Waals surface area (Å²) in [7, 11) is 1.79. The van der Waals surface area contributed by atoms with Gasteiger partial charge in [-0.1, -0.05) is 39.0 Å². The van der Waals surface area contributed by atoms with E-state index in [1.807, 2.05) is 12.1 Å². The first-order chi connectivity index (χ1) is 12.9. The van der Waals surface area contributed by atoms with Crippen molar-refractivity contribution in [3.63, 3.8) is 0 Å². The Morgan fingerprint density at radius 1 is 1.26 bits per heavy atom. The van der Waals surface area contributed by atoms with Crippen LogP contribution in [-0.2, 0) is 10.2 Å². The van der Waals surface area contributed by atoms with Crippen molar-refractivity contribution in [2.24, 2.45) is 16.3 Å². The Balaban J connectivity index is 1.55. The van der Waals surface area contributed by atoms with E-state index in [1.165, 1.54) is 6.42 Å². The molecule has 2 atom stereocenters. The van der Waals surface area contributed by atoms with Gasteiger partial charge >= 0.3 is 0 Å². The Labute approximate surface area is 163 Å². The molecule has 1 aliphatic heterocycles. The van der Waals surface area contributed by atoms with Crippen molar-refractivity contribution in [3.8, 4) is 0 Å². The molecule has 0 amide bonds. The summed E-state index contributed by atoms with van der Waals surface area (Å²) >= 11 is 0. The summed E-state index contributed by atoms with van der Waals surface area (Å²) in [6.07, 6.45) is 4.57. The van der Waals surface area contributed by atoms with E-state index in [-0.39, 0.29) is 22.8 Å². The highest BCUT2D eigenvalue weighted by molar-refractivity contribution is 5.79. The van der Waals surface area contributed by atoms with E-state index in [0.29, 0.717) is 12.5 Å². The van der Waals surface area contributed by atoms with Gasteiger partial charge in [0.25, 0.3) is 0 Å². The molecule has 0 bridgehead atoms. The van der Waals surface area contributed by atoms with Gasteiger partial charge in [-0.3, -0.25) is 4.99 Å². The van der Waals surface area contributed by atoms with Crippen molar-refractivity contribution >= 4 is 5.96 Å². The lowest BCUT2D eigenvalue weighted by Gasteiger charge is -2.40. The molecule has 4 nitrogen and oxygen atoms in total. The van der Waals surface area contributed by atoms with Crippen LogP contribution in [0.4, 0.5) is 4.39 Å². The third kappa shape index (κ3) is 4.81. The molecule has 2 unspecified atom stereocenters. The molecule has 0 aromatic heterocycles. The minimum absolute atomic E-state index is 0.0924. The second-order valence-electron chi connectivity index (χ2n) is 9.13. The molecule has 1 heterocycles. The Kier molecular flexibility index (Phi) is 6.09. The first-order valence-corrected chi connectivity index (χ1v) is 10.2. The predicted octanol–water partition coefficient (Wildman–Crippen LogP) is 3.86. The van der Waals surface area contributed by atoms with Gasteiger partial charge in [0.15, 0.2) is 5.96 Å². The van der Waals surface area contributed by atoms with E-state index >= 15 is 0 Å². The van der Waals surface area contributed by atoms with Crippen LogP contribution >= 0.6 is 0 Å². The molecule has 1 saturated heterocycles. The summed E-state index contributed by atoms with van der Waals surface area (Å²) in [4.78, 5) is 4.37. The molecule has 27 heavy (non-hydrogen) atoms. The highest BCUT2D eigenvalue weighted by atomic mass is 19.1. The number of hydrogen-bond acceptors (Lipinski definition) is 2. The SMILES string of the molecule is CN=C(NCC1CCCOC1C(C)(C)C)NCC1(c2ccccc2F)CC1. The maximum atomic E-state index is 14.2. The smallest absolute Gasteiger partial charge is 0.191 e. The van der Waals surface area contributed by atoms with Gasteiger partial charge in [0, 0.05) is 38.1 Å². The summed E-state index contributed by atoms with van der Waals surface area (Å²) in [6, 6.07) is 7.13. The minimum Gasteiger partial charge on any atom is -0.377 e. The number of nitrogens with one attached hydrogen (secondary N) is 2. The van der Waals surface area contributed by atoms with Crippen LogP contribution in [0.15, 0.2) is 29.3 Å². The number of benzene rings is 1. The number of nitrogens with zero attached hydrogens (tertiary/aromatic N) is 1. The molecule has 5 heteroatoms. The molecule has 1 aliphatic carbocycles. The molecule has 2 N–H and O–H groups in total. The topological polar surface area (TPSA) is 45.7 Å². The molecule has 2 aliphatic rings. The second kappa shape index (κ2) is 8.17. The van der Waals surface area contributed by atoms with Crippen molar-refractivity contribution in [1.29, 1.82) is 0 Å². The van der Waals surface area contributed by atoms with E-state index in [2.05, 4.69) is 36.4 Å². The normalized spacial score (nSPS) is 25.1. The zero-order valence-corrected chi connectivity index (χ0v) is 17.1. The molecule has 0 spiro atoms. The number of hydrogen-bond donors (Lipinski definition) is 2. The minimum atomic E-state index is -0.105. The van der Waals surface area contributed by atoms with Gasteiger partial charge in [-0.05, 0) is 42.7 Å². The Morgan fingerprint density at radius 2 is 2.00 bits per heavy atom. The van der Waals surface area contributed by atoms with E-state index < -0.39 is 0 Å². The fourth-order valence-electron chi connectivity index (χ4n) is 4.29. The van der Waals surface area contributed by atoms with Crippen LogP contribution < -0.4 is 10.6 Å². The fraction of sp³-hybridized carbons (Fsp3) is 0.682. The van der Waals surface area contributed by atoms with E-state index in [0.717, 1.165) is 43.9 Å². The van der Waals surface area contributed by atoms with Gasteiger partial charge in [0.2, 0.25) is 0 Å². The summed E-state index contributed by atoms with van der Waals surface area (Å²) in [5.41, 5.74) is 0.860. The molecule has 150 valence electrons. The van der Waals surface area contributed by atoms with Crippen LogP contribution in [0.5, 0.6) is 0 Å². The lowest BCUT2D eigenvalue weighted by Crippen LogP contribution is -2.48. The first kappa shape index (κ1) is 20.1. The van der Waals surface area contributed by atoms with E-state index in [4.69, 9.17) is 4.74 Å². The van der Waals surface area contributed by atoms with Crippen molar-refractivity contribution in [3.05, 3.63) is 35.6 Å². The number of aliphatic imine (C=N–C) groups is 1. The Morgan fingerprint density at radius 3 is 2.63 bits per heavy atom. The van der Waals surface area contributed by atoms with Crippen LogP contribution in [0.3, 0.4) is 0 Å². The quantitative estimate of drug-likeness (QED) is 0.607. The van der Waals surface area contributed by atoms with E-state index in [1.54, 1.807) is 19.2 Å². The lowest BCUT2D eigenvalue weighted by atomic mass is 9.78. The Hall–Kier alpha value is -1.62. The monoisotopic (exact) mass is 375 g/mol. The van der Waals surface area contributed by atoms with Crippen molar-refractivity contribution in [2.75, 3.05) is 26.7 Å². The third-order valence-electron chi connectivity index (χ3n) is 5.95. The highest BCUT2D eigenvalue weighted by Crippen LogP contribution is 2.48. The molecule has 1 aromatic carbocycles. The molecule has 2 fully saturated rings. The number of ether oxygens (including phenoxy) is 1. The van der Waals surface area contributed by atoms with Crippen LogP contribution in [0.2, 0.25) is 0 Å². The van der Waals surface area contributed by atoms with Crippen LogP contribution in [0.25, 0.3) is 0 Å². The average Bonchev–Trinajstić information content (AvgIpc) is 3.42. The lowest BCUT2D eigenvalue weighted by molar-refractivity contribution is -0.0835. The van der Waals surface area contributed by atoms with Crippen molar-refractivity contribution in [2.45, 2.75) is 58.0 Å². The van der Waals surface area contributed by atoms with Gasteiger partial charge in [-0.15, -0.1) is 0 Å². The molecule has 3 rings (SSSR count). The maximum absolute atomic E-state index is 14.2. The summed E-state index contributed by atoms with van der Waals surface area (Å²) in [5, 5.41) is 6.90. The maximum Gasteiger partial charge on any atom is 0.191 e. The van der Waals surface area contributed by atoms with Crippen molar-refractivity contribution in [1.82, 2.24) is 10.6 Å². The number of guanidine groups is 1. The molecule has 0 radical (unpaired) electrons. The molecule has 1 aromatic rings. The predicted molar refractivity (Wildman–Crippen MR) is 109 cm³/mol. The average molecular weight is 376 g/mol. The van der Waals surface area contributed by atoms with Gasteiger partial charge in [0.05, 0.1) is 6.10 Å². The molecular formula is C22H34FN3O. The number of halogens is 1. The zero-order valence-electron chi connectivity index (χ0n) is 17.1. The summed E-state index contributed by atoms with van der Waals surface area (Å²) < 4.78 is 20.3. The van der Waals surface area contributed by atoms with Crippen LogP contribution in [0, 0.1) is 17.2 Å². The Bertz CT molecular complexity index is 664. The largest absolute Gasteiger partial charge is 0.377 e. The van der Waals surface area contributed by atoms with Crippen molar-refractivity contribution < 1.29 is 9.13 Å². The first-order valence-electron chi connectivity index (χ1n) is 10.2. The third-order valence-corrected chi connectivity index (χ3v) is 5.95. The van der Waals surface area contributed by atoms with Gasteiger partial charge in [0.1, 0.15) is 5.82 Å². The standard InChI is InChI=1S/C22H34FN3O/c1-21(2,3)19-16(8-7-13-27-19)14-25-20(24-4)26-15-22(11-12-22)17-9-5-6-10-18(17)23/h5-6,9-10,16,19H,7-8,11-15H2,1-4H3,(H2,24,25,26). The summed E-state index contributed by atoms with van der Waals surface area (Å²) in [6.45, 7) is 9.14. The fourth-order valence-corrected chi connectivity index (χ4v) is 4.29. The van der Waals surface area contributed by atoms with Gasteiger partial charge in [-0.2, -0.15) is 0 Å².